The summed E-state index contributed by atoms with van der Waals surface area (Å²) in [5.74, 6) is 1.87. The van der Waals surface area contributed by atoms with Crippen molar-refractivity contribution in [2.75, 3.05) is 36.5 Å². The molecule has 3 N–H and O–H groups in total. The first kappa shape index (κ1) is 12.6. The lowest BCUT2D eigenvalue weighted by molar-refractivity contribution is 0.0904. The molecular formula is C13H21N5O. The molecule has 3 rings (SSSR count). The summed E-state index contributed by atoms with van der Waals surface area (Å²) in [4.78, 5) is 10.9. The van der Waals surface area contributed by atoms with Crippen molar-refractivity contribution in [3.05, 3.63) is 12.4 Å². The molecule has 0 aromatic carbocycles. The molecule has 6 heteroatoms. The molecule has 0 amide bonds. The standard InChI is InChI=1S/C13H21N5O/c14-10-1-4-18(8-10)13-7-12(15-9-16-13)17-11-2-5-19-6-3-11/h7,9-11H,1-6,8,14H2,(H,15,16,17). The van der Waals surface area contributed by atoms with Crippen molar-refractivity contribution >= 4 is 11.6 Å². The molecule has 0 bridgehead atoms. The van der Waals surface area contributed by atoms with Crippen LogP contribution in [0.5, 0.6) is 0 Å². The Kier molecular flexibility index (Phi) is 3.79. The minimum absolute atomic E-state index is 0.266. The number of nitrogens with zero attached hydrogens (tertiary/aromatic N) is 3. The first-order valence-corrected chi connectivity index (χ1v) is 6.98. The highest BCUT2D eigenvalue weighted by Crippen LogP contribution is 2.20. The molecule has 6 nitrogen and oxygen atoms in total. The Hall–Kier alpha value is -1.40. The molecule has 0 saturated carbocycles. The van der Waals surface area contributed by atoms with Gasteiger partial charge < -0.3 is 20.7 Å². The topological polar surface area (TPSA) is 76.3 Å². The van der Waals surface area contributed by atoms with Crippen LogP contribution in [0.25, 0.3) is 0 Å². The third kappa shape index (κ3) is 3.13. The van der Waals surface area contributed by atoms with Crippen LogP contribution in [0.1, 0.15) is 19.3 Å². The average Bonchev–Trinajstić information content (AvgIpc) is 2.87. The van der Waals surface area contributed by atoms with Gasteiger partial charge in [0.1, 0.15) is 18.0 Å². The zero-order chi connectivity index (χ0) is 13.1. The van der Waals surface area contributed by atoms with Crippen LogP contribution in [0, 0.1) is 0 Å². The number of aromatic nitrogens is 2. The third-order valence-corrected chi connectivity index (χ3v) is 3.77. The van der Waals surface area contributed by atoms with Crippen LogP contribution < -0.4 is 16.0 Å². The van der Waals surface area contributed by atoms with E-state index in [9.17, 15) is 0 Å². The summed E-state index contributed by atoms with van der Waals surface area (Å²) >= 11 is 0. The Morgan fingerprint density at radius 3 is 2.84 bits per heavy atom. The van der Waals surface area contributed by atoms with E-state index in [0.29, 0.717) is 6.04 Å². The van der Waals surface area contributed by atoms with Crippen molar-refractivity contribution in [1.82, 2.24) is 9.97 Å². The quantitative estimate of drug-likeness (QED) is 0.832. The number of nitrogens with one attached hydrogen (secondary N) is 1. The molecule has 2 aliphatic heterocycles. The number of nitrogens with two attached hydrogens (primary N) is 1. The van der Waals surface area contributed by atoms with Gasteiger partial charge in [-0.1, -0.05) is 0 Å². The average molecular weight is 263 g/mol. The highest BCUT2D eigenvalue weighted by molar-refractivity contribution is 5.49. The van der Waals surface area contributed by atoms with Crippen molar-refractivity contribution in [1.29, 1.82) is 0 Å². The van der Waals surface area contributed by atoms with Gasteiger partial charge in [-0.15, -0.1) is 0 Å². The molecule has 1 atom stereocenters. The summed E-state index contributed by atoms with van der Waals surface area (Å²) in [5, 5.41) is 3.47. The van der Waals surface area contributed by atoms with Gasteiger partial charge in [-0.25, -0.2) is 9.97 Å². The number of hydrogen-bond acceptors (Lipinski definition) is 6. The maximum Gasteiger partial charge on any atom is 0.134 e. The van der Waals surface area contributed by atoms with Gasteiger partial charge in [0.05, 0.1) is 0 Å². The first-order valence-electron chi connectivity index (χ1n) is 6.98. The van der Waals surface area contributed by atoms with E-state index in [1.165, 1.54) is 0 Å². The van der Waals surface area contributed by atoms with Gasteiger partial charge in [0.15, 0.2) is 0 Å². The molecule has 3 heterocycles. The van der Waals surface area contributed by atoms with Crippen molar-refractivity contribution in [3.63, 3.8) is 0 Å². The van der Waals surface area contributed by atoms with Crippen LogP contribution in [-0.4, -0.2) is 48.4 Å². The Morgan fingerprint density at radius 1 is 1.26 bits per heavy atom. The zero-order valence-electron chi connectivity index (χ0n) is 11.1. The number of ether oxygens (including phenoxy) is 1. The van der Waals surface area contributed by atoms with Gasteiger partial charge >= 0.3 is 0 Å². The van der Waals surface area contributed by atoms with Crippen molar-refractivity contribution in [2.24, 2.45) is 5.73 Å². The Balaban J connectivity index is 1.65. The van der Waals surface area contributed by atoms with E-state index in [-0.39, 0.29) is 6.04 Å². The van der Waals surface area contributed by atoms with E-state index >= 15 is 0 Å². The maximum absolute atomic E-state index is 5.94. The van der Waals surface area contributed by atoms with E-state index in [0.717, 1.165) is 57.2 Å². The Labute approximate surface area is 113 Å². The highest BCUT2D eigenvalue weighted by Gasteiger charge is 2.21. The predicted octanol–water partition coefficient (Wildman–Crippen LogP) is 0.605. The lowest BCUT2D eigenvalue weighted by atomic mass is 10.1. The first-order chi connectivity index (χ1) is 9.31. The lowest BCUT2D eigenvalue weighted by Gasteiger charge is -2.24. The summed E-state index contributed by atoms with van der Waals surface area (Å²) < 4.78 is 5.36. The Bertz CT molecular complexity index is 421. The molecule has 1 unspecified atom stereocenters. The summed E-state index contributed by atoms with van der Waals surface area (Å²) in [6, 6.07) is 2.74. The van der Waals surface area contributed by atoms with E-state index in [1.807, 2.05) is 6.07 Å². The zero-order valence-corrected chi connectivity index (χ0v) is 11.1. The third-order valence-electron chi connectivity index (χ3n) is 3.77. The molecule has 104 valence electrons. The monoisotopic (exact) mass is 263 g/mol. The molecule has 0 spiro atoms. The molecule has 0 aliphatic carbocycles. The fraction of sp³-hybridized carbons (Fsp3) is 0.692. The smallest absolute Gasteiger partial charge is 0.134 e. The summed E-state index contributed by atoms with van der Waals surface area (Å²) in [6.45, 7) is 3.52. The second kappa shape index (κ2) is 5.71. The van der Waals surface area contributed by atoms with Crippen molar-refractivity contribution < 1.29 is 4.74 Å². The van der Waals surface area contributed by atoms with Crippen LogP contribution >= 0.6 is 0 Å². The van der Waals surface area contributed by atoms with Gasteiger partial charge in [0, 0.05) is 44.5 Å². The number of hydrogen-bond donors (Lipinski definition) is 2. The van der Waals surface area contributed by atoms with E-state index in [1.54, 1.807) is 6.33 Å². The minimum atomic E-state index is 0.266. The molecule has 19 heavy (non-hydrogen) atoms. The molecular weight excluding hydrogens is 242 g/mol. The largest absolute Gasteiger partial charge is 0.381 e. The van der Waals surface area contributed by atoms with Crippen LogP contribution in [-0.2, 0) is 4.74 Å². The normalized spacial score (nSPS) is 24.7. The molecule has 1 aromatic rings. The molecule has 2 aliphatic rings. The highest BCUT2D eigenvalue weighted by atomic mass is 16.5. The van der Waals surface area contributed by atoms with Crippen LogP contribution in [0.2, 0.25) is 0 Å². The van der Waals surface area contributed by atoms with E-state index in [4.69, 9.17) is 10.5 Å². The van der Waals surface area contributed by atoms with Crippen molar-refractivity contribution in [3.8, 4) is 0 Å². The molecule has 2 fully saturated rings. The van der Waals surface area contributed by atoms with Crippen LogP contribution in [0.3, 0.4) is 0 Å². The number of rotatable bonds is 3. The van der Waals surface area contributed by atoms with Gasteiger partial charge in [0.25, 0.3) is 0 Å². The fourth-order valence-electron chi connectivity index (χ4n) is 2.65. The molecule has 0 radical (unpaired) electrons. The Morgan fingerprint density at radius 2 is 2.11 bits per heavy atom. The van der Waals surface area contributed by atoms with Gasteiger partial charge in [-0.3, -0.25) is 0 Å². The summed E-state index contributed by atoms with van der Waals surface area (Å²) in [7, 11) is 0. The summed E-state index contributed by atoms with van der Waals surface area (Å²) in [6.07, 6.45) is 4.73. The number of anilines is 2. The second-order valence-electron chi connectivity index (χ2n) is 5.29. The van der Waals surface area contributed by atoms with Gasteiger partial charge in [-0.05, 0) is 19.3 Å². The predicted molar refractivity (Wildman–Crippen MR) is 74.3 cm³/mol. The van der Waals surface area contributed by atoms with Gasteiger partial charge in [0.2, 0.25) is 0 Å². The molecule has 1 aromatic heterocycles. The minimum Gasteiger partial charge on any atom is -0.381 e. The maximum atomic E-state index is 5.94. The summed E-state index contributed by atoms with van der Waals surface area (Å²) in [5.41, 5.74) is 5.94. The van der Waals surface area contributed by atoms with E-state index < -0.39 is 0 Å². The molecule has 2 saturated heterocycles. The van der Waals surface area contributed by atoms with E-state index in [2.05, 4.69) is 20.2 Å². The van der Waals surface area contributed by atoms with Crippen LogP contribution in [0.15, 0.2) is 12.4 Å². The van der Waals surface area contributed by atoms with Gasteiger partial charge in [-0.2, -0.15) is 0 Å². The fourth-order valence-corrected chi connectivity index (χ4v) is 2.65. The van der Waals surface area contributed by atoms with Crippen molar-refractivity contribution in [2.45, 2.75) is 31.3 Å². The SMILES string of the molecule is NC1CCN(c2cc(NC3CCOCC3)ncn2)C1. The lowest BCUT2D eigenvalue weighted by Crippen LogP contribution is -2.29. The second-order valence-corrected chi connectivity index (χ2v) is 5.29. The van der Waals surface area contributed by atoms with Crippen LogP contribution in [0.4, 0.5) is 11.6 Å².